The minimum Gasteiger partial charge on any atom is -0.333 e. The molecule has 1 fully saturated rings. The Morgan fingerprint density at radius 1 is 1.36 bits per heavy atom. The van der Waals surface area contributed by atoms with Gasteiger partial charge in [-0.2, -0.15) is 13.2 Å². The first-order valence-electron chi connectivity index (χ1n) is 6.70. The standard InChI is InChI=1S/C14H16ClF3N2O.ClH/c15-11-4-2-1-3-10(11)12-9-19-7-8-20(12)13(21)5-6-14(16,17)18;/h1-4,12,19H,5-9H2;1H. The van der Waals surface area contributed by atoms with E-state index in [-0.39, 0.29) is 18.4 Å². The maximum absolute atomic E-state index is 12.3. The Morgan fingerprint density at radius 3 is 2.68 bits per heavy atom. The highest BCUT2D eigenvalue weighted by atomic mass is 35.5. The Hall–Kier alpha value is -0.980. The van der Waals surface area contributed by atoms with Crippen LogP contribution in [-0.4, -0.2) is 36.6 Å². The minimum absolute atomic E-state index is 0. The first-order chi connectivity index (χ1) is 9.88. The van der Waals surface area contributed by atoms with E-state index in [0.717, 1.165) is 5.56 Å². The number of hydrogen-bond acceptors (Lipinski definition) is 2. The lowest BCUT2D eigenvalue weighted by molar-refractivity contribution is -0.151. The third kappa shape index (κ3) is 5.04. The number of nitrogens with one attached hydrogen (secondary N) is 1. The average Bonchev–Trinajstić information content (AvgIpc) is 2.44. The quantitative estimate of drug-likeness (QED) is 0.897. The van der Waals surface area contributed by atoms with E-state index in [4.69, 9.17) is 11.6 Å². The Balaban J connectivity index is 0.00000242. The van der Waals surface area contributed by atoms with Crippen molar-refractivity contribution in [2.75, 3.05) is 19.6 Å². The number of nitrogens with zero attached hydrogens (tertiary/aromatic N) is 1. The fraction of sp³-hybridized carbons (Fsp3) is 0.500. The normalized spacial score (nSPS) is 18.7. The SMILES string of the molecule is Cl.O=C(CCC(F)(F)F)N1CCNCC1c1ccccc1Cl. The van der Waals surface area contributed by atoms with Gasteiger partial charge in [-0.3, -0.25) is 4.79 Å². The predicted octanol–water partition coefficient (Wildman–Crippen LogP) is 3.58. The van der Waals surface area contributed by atoms with Gasteiger partial charge >= 0.3 is 6.18 Å². The van der Waals surface area contributed by atoms with Crippen molar-refractivity contribution in [3.05, 3.63) is 34.9 Å². The molecule has 1 aromatic rings. The number of piperazine rings is 1. The Labute approximate surface area is 138 Å². The summed E-state index contributed by atoms with van der Waals surface area (Å²) in [6, 6.07) is 6.76. The molecule has 0 saturated carbocycles. The van der Waals surface area contributed by atoms with Crippen LogP contribution < -0.4 is 5.32 Å². The summed E-state index contributed by atoms with van der Waals surface area (Å²) in [5.74, 6) is -0.487. The first-order valence-corrected chi connectivity index (χ1v) is 7.07. The zero-order chi connectivity index (χ0) is 15.5. The van der Waals surface area contributed by atoms with Gasteiger partial charge in [0.25, 0.3) is 0 Å². The average molecular weight is 357 g/mol. The molecule has 1 aliphatic heterocycles. The summed E-state index contributed by atoms with van der Waals surface area (Å²) in [6.45, 7) is 1.44. The summed E-state index contributed by atoms with van der Waals surface area (Å²) < 4.78 is 36.8. The van der Waals surface area contributed by atoms with Crippen molar-refractivity contribution in [1.82, 2.24) is 10.2 Å². The largest absolute Gasteiger partial charge is 0.389 e. The molecule has 1 N–H and O–H groups in total. The van der Waals surface area contributed by atoms with Crippen LogP contribution in [0.2, 0.25) is 5.02 Å². The van der Waals surface area contributed by atoms with E-state index >= 15 is 0 Å². The highest BCUT2D eigenvalue weighted by Gasteiger charge is 2.33. The molecule has 22 heavy (non-hydrogen) atoms. The van der Waals surface area contributed by atoms with Gasteiger partial charge in [0.05, 0.1) is 12.5 Å². The van der Waals surface area contributed by atoms with E-state index in [1.54, 1.807) is 24.3 Å². The van der Waals surface area contributed by atoms with E-state index in [9.17, 15) is 18.0 Å². The minimum atomic E-state index is -4.32. The molecule has 0 radical (unpaired) electrons. The summed E-state index contributed by atoms with van der Waals surface area (Å²) in [4.78, 5) is 13.6. The van der Waals surface area contributed by atoms with E-state index in [1.165, 1.54) is 4.90 Å². The number of amides is 1. The molecule has 1 aromatic carbocycles. The summed E-state index contributed by atoms with van der Waals surface area (Å²) in [5.41, 5.74) is 0.756. The molecule has 2 rings (SSSR count). The highest BCUT2D eigenvalue weighted by Crippen LogP contribution is 2.30. The van der Waals surface area contributed by atoms with E-state index in [2.05, 4.69) is 5.32 Å². The molecule has 124 valence electrons. The number of hydrogen-bond donors (Lipinski definition) is 1. The predicted molar refractivity (Wildman–Crippen MR) is 81.3 cm³/mol. The number of carbonyl (C=O) groups is 1. The van der Waals surface area contributed by atoms with Crippen LogP contribution >= 0.6 is 24.0 Å². The Kier molecular flexibility index (Phi) is 6.97. The summed E-state index contributed by atoms with van der Waals surface area (Å²) in [7, 11) is 0. The van der Waals surface area contributed by atoms with Crippen molar-refractivity contribution in [3.63, 3.8) is 0 Å². The van der Waals surface area contributed by atoms with Crippen LogP contribution in [0.25, 0.3) is 0 Å². The zero-order valence-corrected chi connectivity index (χ0v) is 13.3. The van der Waals surface area contributed by atoms with Crippen LogP contribution in [0.15, 0.2) is 24.3 Å². The number of alkyl halides is 3. The molecule has 0 spiro atoms. The molecule has 0 bridgehead atoms. The van der Waals surface area contributed by atoms with Gasteiger partial charge in [-0.15, -0.1) is 12.4 Å². The van der Waals surface area contributed by atoms with Crippen molar-refractivity contribution in [3.8, 4) is 0 Å². The lowest BCUT2D eigenvalue weighted by Crippen LogP contribution is -2.48. The lowest BCUT2D eigenvalue weighted by atomic mass is 10.0. The van der Waals surface area contributed by atoms with Crippen molar-refractivity contribution < 1.29 is 18.0 Å². The Morgan fingerprint density at radius 2 is 2.05 bits per heavy atom. The number of benzene rings is 1. The molecule has 3 nitrogen and oxygen atoms in total. The van der Waals surface area contributed by atoms with Gasteiger partial charge in [-0.1, -0.05) is 29.8 Å². The molecular formula is C14H17Cl2F3N2O. The van der Waals surface area contributed by atoms with Gasteiger partial charge in [-0.25, -0.2) is 0 Å². The molecule has 1 amide bonds. The van der Waals surface area contributed by atoms with Crippen molar-refractivity contribution in [2.45, 2.75) is 25.1 Å². The number of carbonyl (C=O) groups excluding carboxylic acids is 1. The lowest BCUT2D eigenvalue weighted by Gasteiger charge is -2.37. The molecule has 0 aromatic heterocycles. The summed E-state index contributed by atoms with van der Waals surface area (Å²) >= 11 is 6.13. The van der Waals surface area contributed by atoms with Gasteiger partial charge in [0.15, 0.2) is 0 Å². The van der Waals surface area contributed by atoms with Crippen LogP contribution in [0.3, 0.4) is 0 Å². The zero-order valence-electron chi connectivity index (χ0n) is 11.7. The molecule has 1 atom stereocenters. The molecule has 0 aliphatic carbocycles. The fourth-order valence-corrected chi connectivity index (χ4v) is 2.68. The number of rotatable bonds is 3. The fourth-order valence-electron chi connectivity index (χ4n) is 2.42. The molecule has 8 heteroatoms. The van der Waals surface area contributed by atoms with Crippen LogP contribution in [0.5, 0.6) is 0 Å². The van der Waals surface area contributed by atoms with Crippen molar-refractivity contribution in [2.24, 2.45) is 0 Å². The molecule has 1 saturated heterocycles. The topological polar surface area (TPSA) is 32.3 Å². The van der Waals surface area contributed by atoms with Crippen molar-refractivity contribution >= 4 is 29.9 Å². The first kappa shape index (κ1) is 19.1. The maximum atomic E-state index is 12.3. The van der Waals surface area contributed by atoms with Crippen molar-refractivity contribution in [1.29, 1.82) is 0 Å². The van der Waals surface area contributed by atoms with Crippen LogP contribution in [0.4, 0.5) is 13.2 Å². The van der Waals surface area contributed by atoms with Gasteiger partial charge in [0, 0.05) is 31.1 Å². The van der Waals surface area contributed by atoms with Crippen LogP contribution in [-0.2, 0) is 4.79 Å². The second kappa shape index (κ2) is 8.04. The molecule has 1 unspecified atom stereocenters. The maximum Gasteiger partial charge on any atom is 0.389 e. The van der Waals surface area contributed by atoms with Gasteiger partial charge in [0.2, 0.25) is 5.91 Å². The highest BCUT2D eigenvalue weighted by molar-refractivity contribution is 6.31. The summed E-state index contributed by atoms with van der Waals surface area (Å²) in [6.07, 6.45) is -5.93. The number of halogens is 5. The van der Waals surface area contributed by atoms with Gasteiger partial charge in [-0.05, 0) is 11.6 Å². The van der Waals surface area contributed by atoms with Gasteiger partial charge < -0.3 is 10.2 Å². The third-order valence-corrected chi connectivity index (χ3v) is 3.79. The second-order valence-electron chi connectivity index (χ2n) is 4.94. The third-order valence-electron chi connectivity index (χ3n) is 3.45. The molecule has 1 aliphatic rings. The van der Waals surface area contributed by atoms with E-state index in [1.807, 2.05) is 0 Å². The van der Waals surface area contributed by atoms with Gasteiger partial charge in [0.1, 0.15) is 0 Å². The van der Waals surface area contributed by atoms with Crippen LogP contribution in [0, 0.1) is 0 Å². The van der Waals surface area contributed by atoms with Crippen LogP contribution in [0.1, 0.15) is 24.4 Å². The van der Waals surface area contributed by atoms with E-state index in [0.29, 0.717) is 24.7 Å². The molecular weight excluding hydrogens is 340 g/mol. The smallest absolute Gasteiger partial charge is 0.333 e. The van der Waals surface area contributed by atoms with E-state index < -0.39 is 24.9 Å². The second-order valence-corrected chi connectivity index (χ2v) is 5.35. The summed E-state index contributed by atoms with van der Waals surface area (Å²) in [5, 5.41) is 3.66. The monoisotopic (exact) mass is 356 g/mol. The molecule has 1 heterocycles. The Bertz CT molecular complexity index is 511.